The monoisotopic (exact) mass is 240 g/mol. The van der Waals surface area contributed by atoms with Gasteiger partial charge in [0, 0.05) is 17.8 Å². The number of carbonyl (C=O) groups is 1. The van der Waals surface area contributed by atoms with Gasteiger partial charge in [-0.25, -0.2) is 0 Å². The summed E-state index contributed by atoms with van der Waals surface area (Å²) >= 11 is 1.71. The van der Waals surface area contributed by atoms with E-state index in [2.05, 4.69) is 16.8 Å². The van der Waals surface area contributed by atoms with Crippen LogP contribution in [0.4, 0.5) is 0 Å². The fourth-order valence-corrected chi connectivity index (χ4v) is 2.26. The molecule has 16 heavy (non-hydrogen) atoms. The first kappa shape index (κ1) is 13.2. The molecule has 1 heterocycles. The van der Waals surface area contributed by atoms with Gasteiger partial charge in [0.2, 0.25) is 5.91 Å². The van der Waals surface area contributed by atoms with Gasteiger partial charge in [0.25, 0.3) is 0 Å². The molecule has 3 nitrogen and oxygen atoms in total. The van der Waals surface area contributed by atoms with Crippen LogP contribution >= 0.6 is 11.3 Å². The average molecular weight is 240 g/mol. The second kappa shape index (κ2) is 7.41. The van der Waals surface area contributed by atoms with Crippen molar-refractivity contribution in [3.05, 3.63) is 22.4 Å². The van der Waals surface area contributed by atoms with Crippen molar-refractivity contribution >= 4 is 17.2 Å². The van der Waals surface area contributed by atoms with E-state index in [1.54, 1.807) is 11.3 Å². The molecular formula is C12H20N2OS. The zero-order chi connectivity index (χ0) is 11.8. The van der Waals surface area contributed by atoms with Crippen LogP contribution in [0.1, 0.15) is 24.6 Å². The van der Waals surface area contributed by atoms with E-state index >= 15 is 0 Å². The molecule has 90 valence electrons. The highest BCUT2D eigenvalue weighted by Crippen LogP contribution is 2.12. The third kappa shape index (κ3) is 4.33. The fraction of sp³-hybridized carbons (Fsp3) is 0.583. The molecule has 0 atom stereocenters. The van der Waals surface area contributed by atoms with Gasteiger partial charge < -0.3 is 10.2 Å². The minimum Gasteiger partial charge on any atom is -0.338 e. The Kier molecular flexibility index (Phi) is 6.11. The lowest BCUT2D eigenvalue weighted by Crippen LogP contribution is -2.30. The summed E-state index contributed by atoms with van der Waals surface area (Å²) in [7, 11) is 1.91. The van der Waals surface area contributed by atoms with E-state index in [1.807, 2.05) is 24.9 Å². The van der Waals surface area contributed by atoms with Crippen molar-refractivity contribution < 1.29 is 4.79 Å². The van der Waals surface area contributed by atoms with Gasteiger partial charge in [-0.1, -0.05) is 6.07 Å². The highest BCUT2D eigenvalue weighted by molar-refractivity contribution is 7.09. The molecule has 1 aromatic rings. The summed E-state index contributed by atoms with van der Waals surface area (Å²) in [5.41, 5.74) is 0. The van der Waals surface area contributed by atoms with Crippen molar-refractivity contribution in [2.75, 3.05) is 20.1 Å². The van der Waals surface area contributed by atoms with E-state index in [0.29, 0.717) is 6.42 Å². The number of thiophene rings is 1. The Morgan fingerprint density at radius 3 is 2.94 bits per heavy atom. The highest BCUT2D eigenvalue weighted by atomic mass is 32.1. The molecule has 0 bridgehead atoms. The summed E-state index contributed by atoms with van der Waals surface area (Å²) in [5, 5.41) is 5.11. The second-order valence-corrected chi connectivity index (χ2v) is 4.73. The van der Waals surface area contributed by atoms with E-state index < -0.39 is 0 Å². The Balaban J connectivity index is 2.38. The highest BCUT2D eigenvalue weighted by Gasteiger charge is 2.11. The predicted molar refractivity (Wildman–Crippen MR) is 68.6 cm³/mol. The lowest BCUT2D eigenvalue weighted by molar-refractivity contribution is -0.131. The molecule has 4 heteroatoms. The first-order valence-electron chi connectivity index (χ1n) is 5.72. The molecule has 0 unspecified atom stereocenters. The van der Waals surface area contributed by atoms with Crippen LogP contribution < -0.4 is 5.32 Å². The van der Waals surface area contributed by atoms with Crippen molar-refractivity contribution in [2.45, 2.75) is 26.3 Å². The van der Waals surface area contributed by atoms with Crippen molar-refractivity contribution in [2.24, 2.45) is 0 Å². The molecule has 0 aromatic carbocycles. The van der Waals surface area contributed by atoms with Crippen LogP contribution in [-0.2, 0) is 11.3 Å². The Morgan fingerprint density at radius 1 is 1.56 bits per heavy atom. The summed E-state index contributed by atoms with van der Waals surface area (Å²) < 4.78 is 0. The van der Waals surface area contributed by atoms with Crippen molar-refractivity contribution in [3.63, 3.8) is 0 Å². The minimum absolute atomic E-state index is 0.256. The summed E-state index contributed by atoms with van der Waals surface area (Å²) in [4.78, 5) is 15.0. The lowest BCUT2D eigenvalue weighted by Gasteiger charge is -2.20. The van der Waals surface area contributed by atoms with Crippen LogP contribution in [0.5, 0.6) is 0 Å². The maximum atomic E-state index is 11.9. The summed E-state index contributed by atoms with van der Waals surface area (Å²) in [5.74, 6) is 0.256. The number of amides is 1. The van der Waals surface area contributed by atoms with Crippen molar-refractivity contribution in [1.82, 2.24) is 10.2 Å². The van der Waals surface area contributed by atoms with Crippen LogP contribution in [0.25, 0.3) is 0 Å². The van der Waals surface area contributed by atoms with Gasteiger partial charge in [-0.2, -0.15) is 0 Å². The number of nitrogens with one attached hydrogen (secondary N) is 1. The van der Waals surface area contributed by atoms with E-state index in [-0.39, 0.29) is 5.91 Å². The molecule has 1 amide bonds. The Labute approximate surface area is 101 Å². The van der Waals surface area contributed by atoms with Gasteiger partial charge in [0.1, 0.15) is 0 Å². The van der Waals surface area contributed by atoms with Crippen molar-refractivity contribution in [3.8, 4) is 0 Å². The molecule has 1 aromatic heterocycles. The maximum absolute atomic E-state index is 11.9. The molecule has 0 saturated heterocycles. The van der Waals surface area contributed by atoms with Crippen LogP contribution in [0, 0.1) is 0 Å². The molecule has 0 radical (unpaired) electrons. The maximum Gasteiger partial charge on any atom is 0.222 e. The summed E-state index contributed by atoms with van der Waals surface area (Å²) in [6.07, 6.45) is 1.55. The fourth-order valence-electron chi connectivity index (χ4n) is 1.54. The normalized spacial score (nSPS) is 10.4. The van der Waals surface area contributed by atoms with Crippen LogP contribution in [0.2, 0.25) is 0 Å². The Morgan fingerprint density at radius 2 is 2.38 bits per heavy atom. The van der Waals surface area contributed by atoms with Crippen LogP contribution in [0.3, 0.4) is 0 Å². The van der Waals surface area contributed by atoms with Gasteiger partial charge in [0.05, 0.1) is 6.54 Å². The molecule has 1 N–H and O–H groups in total. The summed E-state index contributed by atoms with van der Waals surface area (Å²) in [6.45, 7) is 4.48. The molecule has 0 aliphatic heterocycles. The van der Waals surface area contributed by atoms with Gasteiger partial charge >= 0.3 is 0 Å². The number of carbonyl (C=O) groups excluding carboxylic acids is 1. The SMILES string of the molecule is CCN(Cc1cccs1)C(=O)CCCNC. The molecule has 0 aliphatic rings. The Bertz CT molecular complexity index is 298. The number of nitrogens with zero attached hydrogens (tertiary/aromatic N) is 1. The topological polar surface area (TPSA) is 32.3 Å². The van der Waals surface area contributed by atoms with Gasteiger partial charge in [0.15, 0.2) is 0 Å². The quantitative estimate of drug-likeness (QED) is 0.740. The molecule has 0 spiro atoms. The van der Waals surface area contributed by atoms with Crippen molar-refractivity contribution in [1.29, 1.82) is 0 Å². The molecule has 1 rings (SSSR count). The van der Waals surface area contributed by atoms with E-state index in [0.717, 1.165) is 26.1 Å². The minimum atomic E-state index is 0.256. The first-order valence-corrected chi connectivity index (χ1v) is 6.60. The van der Waals surface area contributed by atoms with E-state index in [9.17, 15) is 4.79 Å². The van der Waals surface area contributed by atoms with Crippen LogP contribution in [0.15, 0.2) is 17.5 Å². The van der Waals surface area contributed by atoms with E-state index in [1.165, 1.54) is 4.88 Å². The second-order valence-electron chi connectivity index (χ2n) is 3.69. The summed E-state index contributed by atoms with van der Waals surface area (Å²) in [6, 6.07) is 4.10. The van der Waals surface area contributed by atoms with E-state index in [4.69, 9.17) is 0 Å². The van der Waals surface area contributed by atoms with Gasteiger partial charge in [-0.3, -0.25) is 4.79 Å². The zero-order valence-electron chi connectivity index (χ0n) is 10.0. The average Bonchev–Trinajstić information content (AvgIpc) is 2.78. The predicted octanol–water partition coefficient (Wildman–Crippen LogP) is 2.10. The smallest absolute Gasteiger partial charge is 0.222 e. The standard InChI is InChI=1S/C12H20N2OS/c1-3-14(10-11-6-5-9-16-11)12(15)7-4-8-13-2/h5-6,9,13H,3-4,7-8,10H2,1-2H3. The molecular weight excluding hydrogens is 220 g/mol. The first-order chi connectivity index (χ1) is 7.77. The Hall–Kier alpha value is -0.870. The van der Waals surface area contributed by atoms with Gasteiger partial charge in [-0.15, -0.1) is 11.3 Å². The molecule has 0 saturated carbocycles. The largest absolute Gasteiger partial charge is 0.338 e. The number of hydrogen-bond donors (Lipinski definition) is 1. The van der Waals surface area contributed by atoms with Crippen LogP contribution in [-0.4, -0.2) is 30.9 Å². The molecule has 0 fully saturated rings. The third-order valence-corrected chi connectivity index (χ3v) is 3.34. The number of hydrogen-bond acceptors (Lipinski definition) is 3. The van der Waals surface area contributed by atoms with Gasteiger partial charge in [-0.05, 0) is 38.4 Å². The zero-order valence-corrected chi connectivity index (χ0v) is 10.8. The number of rotatable bonds is 7. The molecule has 0 aliphatic carbocycles. The lowest BCUT2D eigenvalue weighted by atomic mass is 10.2. The third-order valence-electron chi connectivity index (χ3n) is 2.48.